The minimum Gasteiger partial charge on any atom is -0.463 e. The Hall–Kier alpha value is -0.850. The zero-order valence-corrected chi connectivity index (χ0v) is 22.2. The van der Waals surface area contributed by atoms with Crippen LogP contribution in [0, 0.1) is 0 Å². The molecule has 36 heavy (non-hydrogen) atoms. The van der Waals surface area contributed by atoms with E-state index in [4.69, 9.17) is 38.6 Å². The molecule has 0 aromatic heterocycles. The predicted molar refractivity (Wildman–Crippen MR) is 134 cm³/mol. The lowest BCUT2D eigenvalue weighted by Crippen LogP contribution is -2.45. The molecular weight excluding hydrogens is 472 g/mol. The van der Waals surface area contributed by atoms with Crippen LogP contribution in [0.1, 0.15) is 71.1 Å². The summed E-state index contributed by atoms with van der Waals surface area (Å²) in [6, 6.07) is 0. The molecule has 1 rings (SSSR count). The topological polar surface area (TPSA) is 133 Å². The van der Waals surface area contributed by atoms with Crippen molar-refractivity contribution in [3.05, 3.63) is 0 Å². The maximum atomic E-state index is 11.9. The molecule has 0 bridgehead atoms. The van der Waals surface area contributed by atoms with E-state index in [1.54, 1.807) is 0 Å². The molecule has 1 fully saturated rings. The molecule has 0 aliphatic carbocycles. The van der Waals surface area contributed by atoms with E-state index in [9.17, 15) is 9.90 Å². The fourth-order valence-corrected chi connectivity index (χ4v) is 4.17. The fourth-order valence-electron chi connectivity index (χ4n) is 4.17. The summed E-state index contributed by atoms with van der Waals surface area (Å²) in [6.07, 6.45) is 9.17. The smallest absolute Gasteiger partial charge is 0.305 e. The molecule has 1 heterocycles. The van der Waals surface area contributed by atoms with Crippen LogP contribution >= 0.6 is 0 Å². The zero-order valence-electron chi connectivity index (χ0n) is 22.2. The Labute approximate surface area is 216 Å². The Morgan fingerprint density at radius 2 is 1.47 bits per heavy atom. The number of carbonyl (C=O) groups excluding carboxylic acids is 1. The molecule has 10 nitrogen and oxygen atoms in total. The molecule has 10 heteroatoms. The lowest BCUT2D eigenvalue weighted by Gasteiger charge is -2.29. The van der Waals surface area contributed by atoms with Crippen molar-refractivity contribution >= 4 is 5.97 Å². The molecule has 3 N–H and O–H groups in total. The van der Waals surface area contributed by atoms with E-state index in [2.05, 4.69) is 6.92 Å². The van der Waals surface area contributed by atoms with E-state index in [-0.39, 0.29) is 72.0 Å². The number of hydrogen-bond donors (Lipinski definition) is 3. The molecule has 0 aromatic rings. The predicted octanol–water partition coefficient (Wildman–Crippen LogP) is 2.00. The molecule has 1 aliphatic heterocycles. The Kier molecular flexibility index (Phi) is 21.5. The van der Waals surface area contributed by atoms with E-state index in [0.717, 1.165) is 19.3 Å². The summed E-state index contributed by atoms with van der Waals surface area (Å²) in [5.74, 6) is -0.213. The van der Waals surface area contributed by atoms with Crippen LogP contribution in [-0.2, 0) is 33.2 Å². The number of carbonyl (C=O) groups is 1. The first kappa shape index (κ1) is 33.2. The van der Waals surface area contributed by atoms with E-state index in [1.165, 1.54) is 38.5 Å². The van der Waals surface area contributed by atoms with Gasteiger partial charge in [-0.15, -0.1) is 0 Å². The Morgan fingerprint density at radius 1 is 0.833 bits per heavy atom. The highest BCUT2D eigenvalue weighted by Crippen LogP contribution is 2.25. The van der Waals surface area contributed by atoms with Crippen molar-refractivity contribution in [2.45, 2.75) is 95.5 Å². The van der Waals surface area contributed by atoms with Gasteiger partial charge in [0, 0.05) is 6.42 Å². The summed E-state index contributed by atoms with van der Waals surface area (Å²) in [5.41, 5.74) is 0. The van der Waals surface area contributed by atoms with Crippen molar-refractivity contribution in [2.24, 2.45) is 0 Å². The first-order chi connectivity index (χ1) is 17.7. The van der Waals surface area contributed by atoms with Gasteiger partial charge in [-0.1, -0.05) is 58.3 Å². The van der Waals surface area contributed by atoms with E-state index in [0.29, 0.717) is 6.42 Å². The average molecular weight is 523 g/mol. The quantitative estimate of drug-likeness (QED) is 0.121. The number of ether oxygens (including phenoxy) is 6. The second-order valence-corrected chi connectivity index (χ2v) is 9.00. The summed E-state index contributed by atoms with van der Waals surface area (Å²) < 4.78 is 33.8. The number of esters is 1. The largest absolute Gasteiger partial charge is 0.463 e. The van der Waals surface area contributed by atoms with E-state index in [1.807, 2.05) is 0 Å². The van der Waals surface area contributed by atoms with Crippen molar-refractivity contribution in [1.82, 2.24) is 0 Å². The first-order valence-electron chi connectivity index (χ1n) is 13.7. The Morgan fingerprint density at radius 3 is 2.14 bits per heavy atom. The van der Waals surface area contributed by atoms with Crippen LogP contribution in [0.3, 0.4) is 0 Å². The van der Waals surface area contributed by atoms with Crippen molar-refractivity contribution < 1.29 is 48.5 Å². The van der Waals surface area contributed by atoms with Gasteiger partial charge in [-0.05, 0) is 6.42 Å². The lowest BCUT2D eigenvalue weighted by molar-refractivity contribution is -0.149. The minimum absolute atomic E-state index is 0.0937. The molecule has 1 aliphatic rings. The summed E-state index contributed by atoms with van der Waals surface area (Å²) in [5, 5.41) is 27.4. The third-order valence-corrected chi connectivity index (χ3v) is 6.01. The maximum Gasteiger partial charge on any atom is 0.305 e. The summed E-state index contributed by atoms with van der Waals surface area (Å²) in [4.78, 5) is 11.9. The van der Waals surface area contributed by atoms with Gasteiger partial charge in [-0.25, -0.2) is 0 Å². The molecule has 214 valence electrons. The van der Waals surface area contributed by atoms with Gasteiger partial charge in [0.25, 0.3) is 0 Å². The van der Waals surface area contributed by atoms with Crippen LogP contribution in [0.2, 0.25) is 0 Å². The molecule has 0 amide bonds. The molecule has 1 saturated heterocycles. The Balaban J connectivity index is 2.27. The molecule has 0 saturated carbocycles. The second-order valence-electron chi connectivity index (χ2n) is 9.00. The monoisotopic (exact) mass is 522 g/mol. The van der Waals surface area contributed by atoms with Gasteiger partial charge in [-0.2, -0.15) is 0 Å². The molecule has 0 spiro atoms. The van der Waals surface area contributed by atoms with Gasteiger partial charge in [0.05, 0.1) is 59.5 Å². The van der Waals surface area contributed by atoms with E-state index < -0.39 is 24.4 Å². The molecular formula is C26H50O10. The van der Waals surface area contributed by atoms with Gasteiger partial charge in [-0.3, -0.25) is 4.79 Å². The van der Waals surface area contributed by atoms with Crippen LogP contribution in [0.15, 0.2) is 0 Å². The average Bonchev–Trinajstić information content (AvgIpc) is 3.29. The summed E-state index contributed by atoms with van der Waals surface area (Å²) in [7, 11) is 0. The number of aliphatic hydroxyl groups is 3. The molecule has 0 radical (unpaired) electrons. The lowest BCUT2D eigenvalue weighted by atomic mass is 10.1. The van der Waals surface area contributed by atoms with Gasteiger partial charge < -0.3 is 43.7 Å². The Bertz CT molecular complexity index is 507. The summed E-state index contributed by atoms with van der Waals surface area (Å²) in [6.45, 7) is 2.88. The minimum atomic E-state index is -0.554. The van der Waals surface area contributed by atoms with Crippen LogP contribution in [0.25, 0.3) is 0 Å². The number of hydrogen-bond acceptors (Lipinski definition) is 10. The number of unbranched alkanes of at least 4 members (excludes halogenated alkanes) is 8. The third kappa shape index (κ3) is 15.4. The molecule has 4 atom stereocenters. The van der Waals surface area contributed by atoms with Crippen molar-refractivity contribution in [1.29, 1.82) is 0 Å². The van der Waals surface area contributed by atoms with Gasteiger partial charge in [0.2, 0.25) is 0 Å². The van der Waals surface area contributed by atoms with Crippen molar-refractivity contribution in [3.63, 3.8) is 0 Å². The second kappa shape index (κ2) is 23.3. The number of aliphatic hydroxyl groups excluding tert-OH is 3. The molecule has 3 unspecified atom stereocenters. The van der Waals surface area contributed by atoms with Crippen LogP contribution in [0.5, 0.6) is 0 Å². The zero-order chi connectivity index (χ0) is 26.3. The SMILES string of the molecule is CCCCCCCCCCCC(=O)OCCOCC(OCCO)C1OCC(OCCO)[C@@H]1OCCO. The van der Waals surface area contributed by atoms with Crippen LogP contribution in [0.4, 0.5) is 0 Å². The van der Waals surface area contributed by atoms with Crippen LogP contribution in [-0.4, -0.2) is 112 Å². The standard InChI is InChI=1S/C26H50O10/c1-2-3-4-5-6-7-8-9-10-11-24(30)34-19-18-31-20-22(32-15-12-27)26-25(35-17-14-29)23(21-36-26)33-16-13-28/h22-23,25-29H,2-21H2,1H3/t22?,23?,25-,26?/m0/s1. The highest BCUT2D eigenvalue weighted by molar-refractivity contribution is 5.69. The summed E-state index contributed by atoms with van der Waals surface area (Å²) >= 11 is 0. The van der Waals surface area contributed by atoms with Gasteiger partial charge in [0.15, 0.2) is 0 Å². The van der Waals surface area contributed by atoms with Gasteiger partial charge >= 0.3 is 5.97 Å². The third-order valence-electron chi connectivity index (χ3n) is 6.01. The van der Waals surface area contributed by atoms with Crippen molar-refractivity contribution in [3.8, 4) is 0 Å². The van der Waals surface area contributed by atoms with Crippen molar-refractivity contribution in [2.75, 3.05) is 66.1 Å². The van der Waals surface area contributed by atoms with Gasteiger partial charge in [0.1, 0.15) is 31.0 Å². The fraction of sp³-hybridized carbons (Fsp3) is 0.962. The van der Waals surface area contributed by atoms with E-state index >= 15 is 0 Å². The maximum absolute atomic E-state index is 11.9. The number of rotatable bonds is 25. The van der Waals surface area contributed by atoms with Crippen LogP contribution < -0.4 is 0 Å². The highest BCUT2D eigenvalue weighted by Gasteiger charge is 2.44. The highest BCUT2D eigenvalue weighted by atomic mass is 16.6. The first-order valence-corrected chi connectivity index (χ1v) is 13.7. The normalized spacial score (nSPS) is 20.6. The molecule has 0 aromatic carbocycles.